The fraction of sp³-hybridized carbons (Fsp3) is 0.625. The molecule has 1 aromatic carbocycles. The lowest BCUT2D eigenvalue weighted by Gasteiger charge is -2.51. The summed E-state index contributed by atoms with van der Waals surface area (Å²) >= 11 is 6.12. The highest BCUT2D eigenvalue weighted by molar-refractivity contribution is 6.30. The third-order valence-electron chi connectivity index (χ3n) is 7.22. The minimum atomic E-state index is 0.476. The van der Waals surface area contributed by atoms with E-state index >= 15 is 0 Å². The normalized spacial score (nSPS) is 30.9. The topological polar surface area (TPSA) is 41.7 Å². The fourth-order valence-electron chi connectivity index (χ4n) is 5.60. The standard InChI is InChI=1S/C24H32ClN3O2/c1-17-13-26-24(30-17)19-4-8-21(9-5-19)28-15-23-16-29-11-10-27(23)14-22(28)12-18-2-6-20(25)7-3-18/h2-3,6-7,13,19,21-23H,4-5,8-12,14-16H2,1H3/t19?,21?,22-,23+/m0/s1. The highest BCUT2D eigenvalue weighted by Gasteiger charge is 2.40. The van der Waals surface area contributed by atoms with Crippen molar-refractivity contribution in [1.82, 2.24) is 14.8 Å². The Bertz CT molecular complexity index is 831. The van der Waals surface area contributed by atoms with Crippen LogP contribution in [0.15, 0.2) is 34.9 Å². The summed E-state index contributed by atoms with van der Waals surface area (Å²) in [6, 6.07) is 10.1. The van der Waals surface area contributed by atoms with Crippen LogP contribution >= 0.6 is 11.6 Å². The van der Waals surface area contributed by atoms with Gasteiger partial charge in [0.25, 0.3) is 0 Å². The summed E-state index contributed by atoms with van der Waals surface area (Å²) in [5, 5.41) is 0.813. The van der Waals surface area contributed by atoms with Crippen molar-refractivity contribution in [3.63, 3.8) is 0 Å². The van der Waals surface area contributed by atoms with E-state index in [1.807, 2.05) is 25.3 Å². The Kier molecular flexibility index (Phi) is 6.15. The van der Waals surface area contributed by atoms with E-state index in [0.29, 0.717) is 24.0 Å². The molecule has 162 valence electrons. The Morgan fingerprint density at radius 3 is 2.60 bits per heavy atom. The van der Waals surface area contributed by atoms with Crippen molar-refractivity contribution in [2.45, 2.75) is 63.1 Å². The van der Waals surface area contributed by atoms with Gasteiger partial charge in [-0.1, -0.05) is 23.7 Å². The van der Waals surface area contributed by atoms with E-state index in [2.05, 4.69) is 26.9 Å². The van der Waals surface area contributed by atoms with Crippen molar-refractivity contribution in [2.75, 3.05) is 32.8 Å². The van der Waals surface area contributed by atoms with Crippen LogP contribution in [-0.2, 0) is 11.2 Å². The molecule has 0 bridgehead atoms. The van der Waals surface area contributed by atoms with Gasteiger partial charge in [-0.05, 0) is 56.7 Å². The van der Waals surface area contributed by atoms with Crippen molar-refractivity contribution in [3.8, 4) is 0 Å². The minimum absolute atomic E-state index is 0.476. The number of rotatable bonds is 4. The summed E-state index contributed by atoms with van der Waals surface area (Å²) in [6.45, 7) is 7.03. The van der Waals surface area contributed by atoms with Gasteiger partial charge in [0.15, 0.2) is 5.89 Å². The zero-order valence-corrected chi connectivity index (χ0v) is 18.6. The molecule has 3 heterocycles. The fourth-order valence-corrected chi connectivity index (χ4v) is 5.73. The summed E-state index contributed by atoms with van der Waals surface area (Å²) in [4.78, 5) is 9.96. The van der Waals surface area contributed by atoms with Crippen molar-refractivity contribution >= 4 is 11.6 Å². The predicted octanol–water partition coefficient (Wildman–Crippen LogP) is 4.29. The average molecular weight is 430 g/mol. The molecule has 0 amide bonds. The zero-order valence-electron chi connectivity index (χ0n) is 17.8. The summed E-state index contributed by atoms with van der Waals surface area (Å²) in [6.07, 6.45) is 7.71. The number of hydrogen-bond acceptors (Lipinski definition) is 5. The van der Waals surface area contributed by atoms with E-state index in [1.54, 1.807) is 0 Å². The monoisotopic (exact) mass is 429 g/mol. The number of benzene rings is 1. The third-order valence-corrected chi connectivity index (χ3v) is 7.48. The van der Waals surface area contributed by atoms with Crippen molar-refractivity contribution in [3.05, 3.63) is 52.7 Å². The summed E-state index contributed by atoms with van der Waals surface area (Å²) in [7, 11) is 0. The quantitative estimate of drug-likeness (QED) is 0.725. The molecule has 2 aromatic rings. The number of aromatic nitrogens is 1. The molecule has 1 saturated carbocycles. The van der Waals surface area contributed by atoms with Crippen LogP contribution in [0.4, 0.5) is 0 Å². The predicted molar refractivity (Wildman–Crippen MR) is 118 cm³/mol. The maximum atomic E-state index is 6.12. The van der Waals surface area contributed by atoms with Gasteiger partial charge in [0.05, 0.1) is 19.4 Å². The molecule has 2 saturated heterocycles. The molecule has 1 aliphatic carbocycles. The van der Waals surface area contributed by atoms with Gasteiger partial charge in [0, 0.05) is 48.7 Å². The van der Waals surface area contributed by atoms with Gasteiger partial charge in [0.2, 0.25) is 0 Å². The van der Waals surface area contributed by atoms with Gasteiger partial charge in [-0.2, -0.15) is 0 Å². The van der Waals surface area contributed by atoms with E-state index in [0.717, 1.165) is 55.9 Å². The van der Waals surface area contributed by atoms with Crippen molar-refractivity contribution < 1.29 is 9.15 Å². The molecule has 1 aromatic heterocycles. The lowest BCUT2D eigenvalue weighted by Crippen LogP contribution is -2.64. The molecular formula is C24H32ClN3O2. The Labute approximate surface area is 184 Å². The van der Waals surface area contributed by atoms with Gasteiger partial charge < -0.3 is 9.15 Å². The molecule has 0 spiro atoms. The number of morpholine rings is 1. The molecule has 2 aliphatic heterocycles. The molecule has 0 unspecified atom stereocenters. The maximum Gasteiger partial charge on any atom is 0.197 e. The number of piperazine rings is 1. The van der Waals surface area contributed by atoms with Gasteiger partial charge in [0.1, 0.15) is 5.76 Å². The molecule has 6 heteroatoms. The second-order valence-corrected chi connectivity index (χ2v) is 9.66. The van der Waals surface area contributed by atoms with Crippen LogP contribution in [0.25, 0.3) is 0 Å². The Hall–Kier alpha value is -1.40. The molecule has 3 fully saturated rings. The number of ether oxygens (including phenoxy) is 1. The van der Waals surface area contributed by atoms with Crippen LogP contribution in [0.5, 0.6) is 0 Å². The molecule has 5 rings (SSSR count). The van der Waals surface area contributed by atoms with Crippen molar-refractivity contribution in [1.29, 1.82) is 0 Å². The summed E-state index contributed by atoms with van der Waals surface area (Å²) in [5.74, 6) is 2.33. The molecule has 5 nitrogen and oxygen atoms in total. The number of fused-ring (bicyclic) bond motifs is 1. The molecule has 0 radical (unpaired) electrons. The molecular weight excluding hydrogens is 398 g/mol. The Morgan fingerprint density at radius 2 is 1.87 bits per heavy atom. The van der Waals surface area contributed by atoms with Crippen LogP contribution in [0.3, 0.4) is 0 Å². The van der Waals surface area contributed by atoms with Crippen LogP contribution in [0.2, 0.25) is 5.02 Å². The first-order chi connectivity index (χ1) is 14.7. The second kappa shape index (κ2) is 8.99. The highest BCUT2D eigenvalue weighted by Crippen LogP contribution is 2.36. The highest BCUT2D eigenvalue weighted by atomic mass is 35.5. The SMILES string of the molecule is Cc1cnc(C2CCC(N3C[C@@H]4COCCN4C[C@@H]3Cc3ccc(Cl)cc3)CC2)o1. The first-order valence-electron chi connectivity index (χ1n) is 11.4. The Balaban J connectivity index is 1.29. The third kappa shape index (κ3) is 4.45. The number of nitrogens with zero attached hydrogens (tertiary/aromatic N) is 3. The first-order valence-corrected chi connectivity index (χ1v) is 11.8. The van der Waals surface area contributed by atoms with E-state index in [9.17, 15) is 0 Å². The lowest BCUT2D eigenvalue weighted by molar-refractivity contribution is -0.0784. The van der Waals surface area contributed by atoms with E-state index < -0.39 is 0 Å². The van der Waals surface area contributed by atoms with Crippen LogP contribution in [0.1, 0.15) is 48.8 Å². The van der Waals surface area contributed by atoms with Crippen LogP contribution in [-0.4, -0.2) is 65.8 Å². The zero-order chi connectivity index (χ0) is 20.5. The van der Waals surface area contributed by atoms with Gasteiger partial charge in [-0.25, -0.2) is 4.98 Å². The molecule has 3 aliphatic rings. The molecule has 2 atom stereocenters. The van der Waals surface area contributed by atoms with E-state index in [4.69, 9.17) is 20.8 Å². The van der Waals surface area contributed by atoms with Crippen LogP contribution < -0.4 is 0 Å². The van der Waals surface area contributed by atoms with E-state index in [-0.39, 0.29) is 0 Å². The smallest absolute Gasteiger partial charge is 0.197 e. The van der Waals surface area contributed by atoms with Crippen LogP contribution in [0, 0.1) is 6.92 Å². The lowest BCUT2D eigenvalue weighted by atomic mass is 9.83. The number of oxazole rings is 1. The average Bonchev–Trinajstić information content (AvgIpc) is 3.21. The number of halogens is 1. The van der Waals surface area contributed by atoms with Gasteiger partial charge >= 0.3 is 0 Å². The minimum Gasteiger partial charge on any atom is -0.446 e. The number of hydrogen-bond donors (Lipinski definition) is 0. The van der Waals surface area contributed by atoms with Crippen molar-refractivity contribution in [2.24, 2.45) is 0 Å². The molecule has 30 heavy (non-hydrogen) atoms. The number of aryl methyl sites for hydroxylation is 1. The van der Waals surface area contributed by atoms with E-state index in [1.165, 1.54) is 31.2 Å². The first kappa shape index (κ1) is 20.5. The molecule has 0 N–H and O–H groups in total. The van der Waals surface area contributed by atoms with Gasteiger partial charge in [-0.15, -0.1) is 0 Å². The summed E-state index contributed by atoms with van der Waals surface area (Å²) < 4.78 is 11.6. The largest absolute Gasteiger partial charge is 0.446 e. The Morgan fingerprint density at radius 1 is 1.07 bits per heavy atom. The van der Waals surface area contributed by atoms with Gasteiger partial charge in [-0.3, -0.25) is 9.80 Å². The second-order valence-electron chi connectivity index (χ2n) is 9.22. The maximum absolute atomic E-state index is 6.12. The summed E-state index contributed by atoms with van der Waals surface area (Å²) in [5.41, 5.74) is 1.38.